The molecule has 2 N–H and O–H groups in total. The van der Waals surface area contributed by atoms with E-state index in [0.29, 0.717) is 5.69 Å². The summed E-state index contributed by atoms with van der Waals surface area (Å²) in [6, 6.07) is 7.35. The van der Waals surface area contributed by atoms with Crippen LogP contribution in [0.5, 0.6) is 0 Å². The van der Waals surface area contributed by atoms with Crippen molar-refractivity contribution < 1.29 is 9.90 Å². The number of aryl methyl sites for hydroxylation is 1. The van der Waals surface area contributed by atoms with E-state index in [1.54, 1.807) is 0 Å². The van der Waals surface area contributed by atoms with Gasteiger partial charge in [0.15, 0.2) is 0 Å². The first-order valence-electron chi connectivity index (χ1n) is 4.63. The van der Waals surface area contributed by atoms with Gasteiger partial charge in [-0.05, 0) is 25.1 Å². The Morgan fingerprint density at radius 2 is 2.19 bits per heavy atom. The van der Waals surface area contributed by atoms with E-state index in [2.05, 4.69) is 26.1 Å². The van der Waals surface area contributed by atoms with E-state index in [4.69, 9.17) is 5.11 Å². The summed E-state index contributed by atoms with van der Waals surface area (Å²) in [5.74, 6) is -1.01. The molecule has 0 aliphatic heterocycles. The van der Waals surface area contributed by atoms with Gasteiger partial charge in [-0.3, -0.25) is 5.10 Å². The number of halogens is 1. The van der Waals surface area contributed by atoms with Crippen LogP contribution in [-0.2, 0) is 0 Å². The first-order chi connectivity index (χ1) is 7.58. The molecule has 1 heterocycles. The Bertz CT molecular complexity index is 549. The number of nitrogens with zero attached hydrogens (tertiary/aromatic N) is 1. The Labute approximate surface area is 100 Å². The molecule has 0 atom stereocenters. The summed E-state index contributed by atoms with van der Waals surface area (Å²) in [5, 5.41) is 15.2. The SMILES string of the molecule is Cc1ccc(Br)c(-c2cc(C(=O)O)[nH]n2)c1. The van der Waals surface area contributed by atoms with Gasteiger partial charge in [-0.1, -0.05) is 27.6 Å². The Balaban J connectivity index is 2.50. The number of aromatic amines is 1. The van der Waals surface area contributed by atoms with Crippen molar-refractivity contribution in [3.05, 3.63) is 40.0 Å². The topological polar surface area (TPSA) is 66.0 Å². The minimum atomic E-state index is -1.01. The first-order valence-corrected chi connectivity index (χ1v) is 5.42. The van der Waals surface area contributed by atoms with E-state index in [-0.39, 0.29) is 5.69 Å². The summed E-state index contributed by atoms with van der Waals surface area (Å²) in [4.78, 5) is 10.7. The number of benzene rings is 1. The Morgan fingerprint density at radius 3 is 2.81 bits per heavy atom. The highest BCUT2D eigenvalue weighted by atomic mass is 79.9. The lowest BCUT2D eigenvalue weighted by Crippen LogP contribution is -1.95. The Morgan fingerprint density at radius 1 is 1.44 bits per heavy atom. The third-order valence-corrected chi connectivity index (χ3v) is 2.90. The largest absolute Gasteiger partial charge is 0.477 e. The maximum atomic E-state index is 10.7. The number of hydrogen-bond acceptors (Lipinski definition) is 2. The first kappa shape index (κ1) is 10.9. The molecule has 5 heteroatoms. The smallest absolute Gasteiger partial charge is 0.353 e. The van der Waals surface area contributed by atoms with Gasteiger partial charge in [0, 0.05) is 10.0 Å². The monoisotopic (exact) mass is 280 g/mol. The fourth-order valence-corrected chi connectivity index (χ4v) is 1.85. The molecule has 0 radical (unpaired) electrons. The van der Waals surface area contributed by atoms with E-state index >= 15 is 0 Å². The predicted molar refractivity (Wildman–Crippen MR) is 63.4 cm³/mol. The lowest BCUT2D eigenvalue weighted by atomic mass is 10.1. The molecule has 1 aromatic carbocycles. The van der Waals surface area contributed by atoms with Gasteiger partial charge in [-0.15, -0.1) is 0 Å². The van der Waals surface area contributed by atoms with Gasteiger partial charge < -0.3 is 5.11 Å². The zero-order chi connectivity index (χ0) is 11.7. The van der Waals surface area contributed by atoms with Crippen LogP contribution in [0.25, 0.3) is 11.3 Å². The van der Waals surface area contributed by atoms with Crippen LogP contribution in [0.3, 0.4) is 0 Å². The molecule has 16 heavy (non-hydrogen) atoms. The molecule has 0 unspecified atom stereocenters. The van der Waals surface area contributed by atoms with Gasteiger partial charge >= 0.3 is 5.97 Å². The van der Waals surface area contributed by atoms with Crippen LogP contribution in [0.4, 0.5) is 0 Å². The molecular weight excluding hydrogens is 272 g/mol. The summed E-state index contributed by atoms with van der Waals surface area (Å²) in [7, 11) is 0. The van der Waals surface area contributed by atoms with Crippen molar-refractivity contribution >= 4 is 21.9 Å². The lowest BCUT2D eigenvalue weighted by molar-refractivity contribution is 0.0690. The zero-order valence-electron chi connectivity index (χ0n) is 8.49. The van der Waals surface area contributed by atoms with Gasteiger partial charge in [0.1, 0.15) is 5.69 Å². The van der Waals surface area contributed by atoms with E-state index in [0.717, 1.165) is 15.6 Å². The normalized spacial score (nSPS) is 10.4. The van der Waals surface area contributed by atoms with Crippen LogP contribution in [-0.4, -0.2) is 21.3 Å². The van der Waals surface area contributed by atoms with Crippen molar-refractivity contribution in [3.8, 4) is 11.3 Å². The van der Waals surface area contributed by atoms with Crippen LogP contribution >= 0.6 is 15.9 Å². The second-order valence-electron chi connectivity index (χ2n) is 3.46. The van der Waals surface area contributed by atoms with E-state index in [1.165, 1.54) is 6.07 Å². The Hall–Kier alpha value is -1.62. The molecule has 0 aliphatic carbocycles. The standard InChI is InChI=1S/C11H9BrN2O2/c1-6-2-3-8(12)7(4-6)9-5-10(11(15)16)14-13-9/h2-5H,1H3,(H,13,14)(H,15,16). The number of carbonyl (C=O) groups is 1. The number of carboxylic acids is 1. The molecule has 0 spiro atoms. The second kappa shape index (κ2) is 4.09. The number of H-pyrrole nitrogens is 1. The lowest BCUT2D eigenvalue weighted by Gasteiger charge is -2.01. The summed E-state index contributed by atoms with van der Waals surface area (Å²) in [6.45, 7) is 1.97. The predicted octanol–water partition coefficient (Wildman–Crippen LogP) is 2.85. The third kappa shape index (κ3) is 1.99. The van der Waals surface area contributed by atoms with Crippen molar-refractivity contribution in [1.82, 2.24) is 10.2 Å². The molecule has 82 valence electrons. The molecule has 0 aliphatic rings. The minimum absolute atomic E-state index is 0.0865. The van der Waals surface area contributed by atoms with Crippen molar-refractivity contribution in [3.63, 3.8) is 0 Å². The molecule has 0 amide bonds. The highest BCUT2D eigenvalue weighted by Crippen LogP contribution is 2.28. The average molecular weight is 281 g/mol. The van der Waals surface area contributed by atoms with E-state index < -0.39 is 5.97 Å². The van der Waals surface area contributed by atoms with Crippen LogP contribution in [0.2, 0.25) is 0 Å². The number of aromatic carboxylic acids is 1. The van der Waals surface area contributed by atoms with Gasteiger partial charge in [-0.2, -0.15) is 5.10 Å². The number of hydrogen-bond donors (Lipinski definition) is 2. The maximum Gasteiger partial charge on any atom is 0.353 e. The fraction of sp³-hybridized carbons (Fsp3) is 0.0909. The molecule has 0 fully saturated rings. The van der Waals surface area contributed by atoms with Crippen molar-refractivity contribution in [1.29, 1.82) is 0 Å². The number of aromatic nitrogens is 2. The second-order valence-corrected chi connectivity index (χ2v) is 4.31. The Kier molecular flexibility index (Phi) is 2.78. The highest BCUT2D eigenvalue weighted by molar-refractivity contribution is 9.10. The van der Waals surface area contributed by atoms with Gasteiger partial charge in [0.05, 0.1) is 5.69 Å². The summed E-state index contributed by atoms with van der Waals surface area (Å²) in [5.41, 5.74) is 2.68. The highest BCUT2D eigenvalue weighted by Gasteiger charge is 2.11. The molecule has 0 saturated heterocycles. The number of nitrogens with one attached hydrogen (secondary N) is 1. The quantitative estimate of drug-likeness (QED) is 0.889. The molecule has 0 bridgehead atoms. The van der Waals surface area contributed by atoms with Crippen LogP contribution in [0, 0.1) is 6.92 Å². The number of carboxylic acid groups (broad SMARTS) is 1. The van der Waals surface area contributed by atoms with Gasteiger partial charge in [-0.25, -0.2) is 4.79 Å². The summed E-state index contributed by atoms with van der Waals surface area (Å²) >= 11 is 3.41. The molecule has 1 aromatic heterocycles. The number of rotatable bonds is 2. The summed E-state index contributed by atoms with van der Waals surface area (Å²) in [6.07, 6.45) is 0. The molecule has 2 rings (SSSR count). The van der Waals surface area contributed by atoms with E-state index in [1.807, 2.05) is 25.1 Å². The molecule has 0 saturated carbocycles. The van der Waals surface area contributed by atoms with Crippen LogP contribution < -0.4 is 0 Å². The van der Waals surface area contributed by atoms with E-state index in [9.17, 15) is 4.79 Å². The molecule has 2 aromatic rings. The summed E-state index contributed by atoms with van der Waals surface area (Å²) < 4.78 is 0.890. The third-order valence-electron chi connectivity index (χ3n) is 2.21. The van der Waals surface area contributed by atoms with Crippen LogP contribution in [0.1, 0.15) is 16.1 Å². The van der Waals surface area contributed by atoms with Gasteiger partial charge in [0.2, 0.25) is 0 Å². The zero-order valence-corrected chi connectivity index (χ0v) is 10.1. The molecular formula is C11H9BrN2O2. The van der Waals surface area contributed by atoms with Crippen molar-refractivity contribution in [2.75, 3.05) is 0 Å². The van der Waals surface area contributed by atoms with Crippen molar-refractivity contribution in [2.45, 2.75) is 6.92 Å². The van der Waals surface area contributed by atoms with Gasteiger partial charge in [0.25, 0.3) is 0 Å². The van der Waals surface area contributed by atoms with Crippen molar-refractivity contribution in [2.24, 2.45) is 0 Å². The average Bonchev–Trinajstić information content (AvgIpc) is 2.70. The maximum absolute atomic E-state index is 10.7. The minimum Gasteiger partial charge on any atom is -0.477 e. The van der Waals surface area contributed by atoms with Crippen LogP contribution in [0.15, 0.2) is 28.7 Å². The fourth-order valence-electron chi connectivity index (χ4n) is 1.40. The molecule has 4 nitrogen and oxygen atoms in total.